The summed E-state index contributed by atoms with van der Waals surface area (Å²) in [5, 5.41) is 0. The van der Waals surface area contributed by atoms with Crippen LogP contribution in [0.2, 0.25) is 0 Å². The third-order valence-corrected chi connectivity index (χ3v) is 2.99. The van der Waals surface area contributed by atoms with E-state index in [1.165, 1.54) is 4.88 Å². The van der Waals surface area contributed by atoms with Crippen LogP contribution in [-0.4, -0.2) is 19.0 Å². The minimum absolute atomic E-state index is 0.0894. The molecular weight excluding hydrogens is 184 g/mol. The van der Waals surface area contributed by atoms with Crippen LogP contribution in [-0.2, 0) is 11.2 Å². The summed E-state index contributed by atoms with van der Waals surface area (Å²) in [6, 6.07) is 3.88. The van der Waals surface area contributed by atoms with Crippen LogP contribution in [0, 0.1) is 0 Å². The predicted octanol–water partition coefficient (Wildman–Crippen LogP) is 2.53. The van der Waals surface area contributed by atoms with Crippen molar-refractivity contribution in [3.63, 3.8) is 0 Å². The van der Waals surface area contributed by atoms with Crippen LogP contribution in [0.1, 0.15) is 28.4 Å². The number of carbonyl (C=O) groups excluding carboxylic acids is 1. The third kappa shape index (κ3) is 2.94. The van der Waals surface area contributed by atoms with Gasteiger partial charge in [0.1, 0.15) is 6.61 Å². The molecule has 0 atom stereocenters. The second kappa shape index (κ2) is 5.14. The Morgan fingerprint density at radius 2 is 2.23 bits per heavy atom. The Morgan fingerprint density at radius 3 is 2.77 bits per heavy atom. The molecule has 1 aromatic rings. The minimum atomic E-state index is 0.0894. The lowest BCUT2D eigenvalue weighted by molar-refractivity contribution is 0.0787. The van der Waals surface area contributed by atoms with E-state index in [-0.39, 0.29) is 12.4 Å². The van der Waals surface area contributed by atoms with Crippen molar-refractivity contribution in [3.8, 4) is 0 Å². The van der Waals surface area contributed by atoms with Crippen molar-refractivity contribution < 1.29 is 9.53 Å². The summed E-state index contributed by atoms with van der Waals surface area (Å²) in [4.78, 5) is 13.5. The first-order chi connectivity index (χ1) is 6.27. The van der Waals surface area contributed by atoms with Crippen LogP contribution < -0.4 is 0 Å². The summed E-state index contributed by atoms with van der Waals surface area (Å²) in [7, 11) is 0. The van der Waals surface area contributed by atoms with Crippen LogP contribution in [0.4, 0.5) is 0 Å². The van der Waals surface area contributed by atoms with Crippen LogP contribution in [0.15, 0.2) is 12.1 Å². The van der Waals surface area contributed by atoms with Gasteiger partial charge in [0.2, 0.25) is 0 Å². The lowest BCUT2D eigenvalue weighted by Gasteiger charge is -1.96. The molecule has 0 unspecified atom stereocenters. The Balaban J connectivity index is 2.55. The first kappa shape index (κ1) is 10.4. The molecule has 2 nitrogen and oxygen atoms in total. The van der Waals surface area contributed by atoms with Gasteiger partial charge in [0, 0.05) is 11.5 Å². The fourth-order valence-electron chi connectivity index (χ4n) is 0.984. The molecule has 0 aromatic carbocycles. The molecule has 13 heavy (non-hydrogen) atoms. The van der Waals surface area contributed by atoms with Crippen molar-refractivity contribution in [2.24, 2.45) is 0 Å². The van der Waals surface area contributed by atoms with Gasteiger partial charge in [-0.25, -0.2) is 0 Å². The van der Waals surface area contributed by atoms with Gasteiger partial charge in [0.05, 0.1) is 4.88 Å². The van der Waals surface area contributed by atoms with E-state index in [4.69, 9.17) is 4.74 Å². The molecule has 0 aliphatic heterocycles. The Hall–Kier alpha value is -0.670. The van der Waals surface area contributed by atoms with Crippen LogP contribution in [0.25, 0.3) is 0 Å². The standard InChI is InChI=1S/C10H14O2S/c1-3-8-5-6-10(13-8)9(11)7-12-4-2/h5-6H,3-4,7H2,1-2H3. The molecule has 1 aromatic heterocycles. The summed E-state index contributed by atoms with van der Waals surface area (Å²) in [6.07, 6.45) is 0.993. The van der Waals surface area contributed by atoms with Crippen molar-refractivity contribution in [2.45, 2.75) is 20.3 Å². The number of hydrogen-bond donors (Lipinski definition) is 0. The zero-order chi connectivity index (χ0) is 9.68. The minimum Gasteiger partial charge on any atom is -0.374 e. The quantitative estimate of drug-likeness (QED) is 0.680. The maximum Gasteiger partial charge on any atom is 0.198 e. The fourth-order valence-corrected chi connectivity index (χ4v) is 1.86. The molecule has 72 valence electrons. The average molecular weight is 198 g/mol. The van der Waals surface area contributed by atoms with Gasteiger partial charge in [-0.1, -0.05) is 6.92 Å². The molecule has 1 heterocycles. The van der Waals surface area contributed by atoms with Crippen LogP contribution in [0.3, 0.4) is 0 Å². The highest BCUT2D eigenvalue weighted by Gasteiger charge is 2.07. The van der Waals surface area contributed by atoms with E-state index in [1.54, 1.807) is 11.3 Å². The van der Waals surface area contributed by atoms with Gasteiger partial charge >= 0.3 is 0 Å². The molecule has 0 aliphatic rings. The van der Waals surface area contributed by atoms with E-state index in [0.29, 0.717) is 6.61 Å². The first-order valence-electron chi connectivity index (χ1n) is 4.47. The molecule has 0 fully saturated rings. The predicted molar refractivity (Wildman–Crippen MR) is 54.5 cm³/mol. The van der Waals surface area contributed by atoms with Gasteiger partial charge in [-0.15, -0.1) is 11.3 Å². The van der Waals surface area contributed by atoms with Gasteiger partial charge in [-0.05, 0) is 25.5 Å². The van der Waals surface area contributed by atoms with Crippen molar-refractivity contribution in [1.29, 1.82) is 0 Å². The van der Waals surface area contributed by atoms with Gasteiger partial charge in [0.25, 0.3) is 0 Å². The molecule has 0 radical (unpaired) electrons. The Labute approximate surface area is 82.5 Å². The van der Waals surface area contributed by atoms with Gasteiger partial charge in [-0.2, -0.15) is 0 Å². The molecule has 0 spiro atoms. The monoisotopic (exact) mass is 198 g/mol. The lowest BCUT2D eigenvalue weighted by Crippen LogP contribution is -2.06. The third-order valence-electron chi connectivity index (χ3n) is 1.72. The van der Waals surface area contributed by atoms with E-state index in [1.807, 2.05) is 19.1 Å². The smallest absolute Gasteiger partial charge is 0.198 e. The van der Waals surface area contributed by atoms with Gasteiger partial charge < -0.3 is 4.74 Å². The summed E-state index contributed by atoms with van der Waals surface area (Å²) >= 11 is 1.56. The number of ether oxygens (including phenoxy) is 1. The van der Waals surface area contributed by atoms with E-state index < -0.39 is 0 Å². The molecule has 1 rings (SSSR count). The highest BCUT2D eigenvalue weighted by atomic mass is 32.1. The summed E-state index contributed by atoms with van der Waals surface area (Å²) in [6.45, 7) is 4.78. The molecule has 0 amide bonds. The van der Waals surface area contributed by atoms with E-state index in [9.17, 15) is 4.79 Å². The second-order valence-corrected chi connectivity index (χ2v) is 3.85. The number of Topliss-reactive ketones (excluding diaryl/α,β-unsaturated/α-hetero) is 1. The normalized spacial score (nSPS) is 10.3. The second-order valence-electron chi connectivity index (χ2n) is 2.68. The number of aryl methyl sites for hydroxylation is 1. The SMILES string of the molecule is CCOCC(=O)c1ccc(CC)s1. The van der Waals surface area contributed by atoms with Crippen LogP contribution >= 0.6 is 11.3 Å². The molecule has 3 heteroatoms. The zero-order valence-corrected chi connectivity index (χ0v) is 8.82. The Morgan fingerprint density at radius 1 is 1.46 bits per heavy atom. The summed E-state index contributed by atoms with van der Waals surface area (Å²) in [5.41, 5.74) is 0. The maximum atomic E-state index is 11.4. The zero-order valence-electron chi connectivity index (χ0n) is 8.00. The number of thiophene rings is 1. The average Bonchev–Trinajstić information content (AvgIpc) is 2.62. The molecule has 0 N–H and O–H groups in total. The van der Waals surface area contributed by atoms with Crippen LogP contribution in [0.5, 0.6) is 0 Å². The van der Waals surface area contributed by atoms with E-state index in [2.05, 4.69) is 6.92 Å². The van der Waals surface area contributed by atoms with Crippen molar-refractivity contribution >= 4 is 17.1 Å². The first-order valence-corrected chi connectivity index (χ1v) is 5.29. The largest absolute Gasteiger partial charge is 0.374 e. The van der Waals surface area contributed by atoms with E-state index >= 15 is 0 Å². The number of hydrogen-bond acceptors (Lipinski definition) is 3. The summed E-state index contributed by atoms with van der Waals surface area (Å²) < 4.78 is 5.05. The van der Waals surface area contributed by atoms with Gasteiger partial charge in [0.15, 0.2) is 5.78 Å². The van der Waals surface area contributed by atoms with Crippen molar-refractivity contribution in [3.05, 3.63) is 21.9 Å². The Bertz CT molecular complexity index is 278. The number of ketones is 1. The molecule has 0 saturated heterocycles. The van der Waals surface area contributed by atoms with Crippen molar-refractivity contribution in [2.75, 3.05) is 13.2 Å². The number of rotatable bonds is 5. The molecule has 0 aliphatic carbocycles. The number of carbonyl (C=O) groups is 1. The maximum absolute atomic E-state index is 11.4. The highest BCUT2D eigenvalue weighted by molar-refractivity contribution is 7.14. The fraction of sp³-hybridized carbons (Fsp3) is 0.500. The summed E-state index contributed by atoms with van der Waals surface area (Å²) in [5.74, 6) is 0.0894. The lowest BCUT2D eigenvalue weighted by atomic mass is 10.3. The molecule has 0 bridgehead atoms. The Kier molecular flexibility index (Phi) is 4.12. The highest BCUT2D eigenvalue weighted by Crippen LogP contribution is 2.17. The van der Waals surface area contributed by atoms with Gasteiger partial charge in [-0.3, -0.25) is 4.79 Å². The topological polar surface area (TPSA) is 26.3 Å². The molecule has 0 saturated carbocycles. The van der Waals surface area contributed by atoms with Crippen molar-refractivity contribution in [1.82, 2.24) is 0 Å². The van der Waals surface area contributed by atoms with E-state index in [0.717, 1.165) is 11.3 Å². The molecular formula is C10H14O2S.